The van der Waals surface area contributed by atoms with Gasteiger partial charge in [0.15, 0.2) is 0 Å². The van der Waals surface area contributed by atoms with E-state index in [1.807, 2.05) is 11.1 Å². The quantitative estimate of drug-likeness (QED) is 0.272. The van der Waals surface area contributed by atoms with Crippen LogP contribution in [0.15, 0.2) is 59.7 Å². The second kappa shape index (κ2) is 9.82. The zero-order chi connectivity index (χ0) is 24.7. The summed E-state index contributed by atoms with van der Waals surface area (Å²) in [6.07, 6.45) is 7.41. The Morgan fingerprint density at radius 1 is 0.647 bits per heavy atom. The maximum atomic E-state index is 2.93. The standard InChI is InChI=1S/2C14H17.C2H7Si.2CH3.Zr/c2*1-3-7-11-10-12-8-5-6-9-14(12)13(11)4-2;1-3-2;;;/h2*5-6,8-10H,3-4,7H2,1-2H3;3H,1-2H3;2*1H3;. The van der Waals surface area contributed by atoms with Crippen molar-refractivity contribution in [2.24, 2.45) is 0 Å². The van der Waals surface area contributed by atoms with Gasteiger partial charge in [-0.15, -0.1) is 0 Å². The van der Waals surface area contributed by atoms with Crippen LogP contribution in [0.4, 0.5) is 0 Å². The molecule has 183 valence electrons. The maximum absolute atomic E-state index is 3.51. The molecule has 2 unspecified atom stereocenters. The first-order valence-electron chi connectivity index (χ1n) is 14.1. The van der Waals surface area contributed by atoms with E-state index in [1.54, 1.807) is 33.4 Å². The molecule has 2 aliphatic rings. The first-order chi connectivity index (χ1) is 16.3. The molecule has 0 aliphatic heterocycles. The fourth-order valence-corrected chi connectivity index (χ4v) is 37.5. The van der Waals surface area contributed by atoms with E-state index in [-0.39, 0.29) is 0 Å². The Morgan fingerprint density at radius 2 is 1.03 bits per heavy atom. The van der Waals surface area contributed by atoms with Crippen molar-refractivity contribution in [3.05, 3.63) is 81.9 Å². The van der Waals surface area contributed by atoms with Gasteiger partial charge in [0.25, 0.3) is 0 Å². The van der Waals surface area contributed by atoms with E-state index in [1.165, 1.54) is 38.5 Å². The van der Waals surface area contributed by atoms with Gasteiger partial charge in [0.1, 0.15) is 0 Å². The fourth-order valence-electron chi connectivity index (χ4n) is 7.99. The molecule has 0 fully saturated rings. The predicted octanol–water partition coefficient (Wildman–Crippen LogP) is 10.2. The summed E-state index contributed by atoms with van der Waals surface area (Å²) in [6, 6.07) is 19.2. The molecule has 2 aromatic carbocycles. The molecule has 0 radical (unpaired) electrons. The Bertz CT molecular complexity index is 1050. The van der Waals surface area contributed by atoms with E-state index >= 15 is 0 Å². The summed E-state index contributed by atoms with van der Waals surface area (Å²) in [7, 11) is 0. The molecule has 0 bridgehead atoms. The van der Waals surface area contributed by atoms with Gasteiger partial charge in [0, 0.05) is 0 Å². The summed E-state index contributed by atoms with van der Waals surface area (Å²) in [5.74, 6) is -1.00. The van der Waals surface area contributed by atoms with Gasteiger partial charge in [-0.25, -0.2) is 0 Å². The van der Waals surface area contributed by atoms with Crippen molar-refractivity contribution in [3.63, 3.8) is 0 Å². The van der Waals surface area contributed by atoms with Crippen LogP contribution < -0.4 is 0 Å². The number of rotatable bonds is 9. The third kappa shape index (κ3) is 3.69. The first kappa shape index (κ1) is 26.1. The Kier molecular flexibility index (Phi) is 7.53. The van der Waals surface area contributed by atoms with Crippen LogP contribution in [0.1, 0.15) is 95.7 Å². The molecule has 34 heavy (non-hydrogen) atoms. The van der Waals surface area contributed by atoms with Crippen molar-refractivity contribution >= 4 is 17.1 Å². The molecule has 2 atom stereocenters. The second-order valence-corrected chi connectivity index (χ2v) is 50.0. The third-order valence-electron chi connectivity index (χ3n) is 10.1. The number of fused-ring (bicyclic) bond motifs is 2. The molecule has 0 amide bonds. The Balaban J connectivity index is 2.08. The average molecular weight is 551 g/mol. The van der Waals surface area contributed by atoms with Gasteiger partial charge in [-0.2, -0.15) is 0 Å². The molecule has 0 nitrogen and oxygen atoms in total. The summed E-state index contributed by atoms with van der Waals surface area (Å²) in [5, 5.41) is 0. The van der Waals surface area contributed by atoms with E-state index in [0.717, 1.165) is 0 Å². The Labute approximate surface area is 211 Å². The Hall–Kier alpha value is -0.980. The predicted molar refractivity (Wildman–Crippen MR) is 153 cm³/mol. The molecular formula is C32H47SiZr. The van der Waals surface area contributed by atoms with E-state index in [4.69, 9.17) is 0 Å². The van der Waals surface area contributed by atoms with Crippen LogP contribution >= 0.6 is 0 Å². The van der Waals surface area contributed by atoms with Crippen molar-refractivity contribution < 1.29 is 17.9 Å². The summed E-state index contributed by atoms with van der Waals surface area (Å²) in [4.78, 5) is 0. The summed E-state index contributed by atoms with van der Waals surface area (Å²) in [5.41, 5.74) is 13.7. The van der Waals surface area contributed by atoms with Crippen LogP contribution in [0, 0.1) is 0 Å². The van der Waals surface area contributed by atoms with Crippen LogP contribution in [0.2, 0.25) is 22.4 Å². The molecule has 2 heteroatoms. The van der Waals surface area contributed by atoms with Crippen molar-refractivity contribution in [2.75, 3.05) is 0 Å². The minimum atomic E-state index is -3.51. The van der Waals surface area contributed by atoms with Crippen molar-refractivity contribution in [2.45, 2.75) is 95.8 Å². The van der Waals surface area contributed by atoms with Gasteiger partial charge in [0.05, 0.1) is 0 Å². The molecule has 0 saturated carbocycles. The molecule has 0 aromatic heterocycles. The van der Waals surface area contributed by atoms with Crippen LogP contribution in [-0.2, 0) is 17.9 Å². The normalized spacial score (nSPS) is 21.1. The fraction of sp³-hybridized carbons (Fsp3) is 0.500. The molecule has 2 aliphatic carbocycles. The van der Waals surface area contributed by atoms with Gasteiger partial charge >= 0.3 is 213 Å². The van der Waals surface area contributed by atoms with Crippen LogP contribution in [-0.4, -0.2) is 5.92 Å². The number of hydrogen-bond donors (Lipinski definition) is 0. The van der Waals surface area contributed by atoms with Crippen LogP contribution in [0.3, 0.4) is 0 Å². The van der Waals surface area contributed by atoms with Gasteiger partial charge < -0.3 is 0 Å². The van der Waals surface area contributed by atoms with Crippen LogP contribution in [0.5, 0.6) is 0 Å². The zero-order valence-electron chi connectivity index (χ0n) is 23.1. The Morgan fingerprint density at radius 3 is 1.35 bits per heavy atom. The number of hydrogen-bond acceptors (Lipinski definition) is 0. The third-order valence-corrected chi connectivity index (χ3v) is 56.7. The molecular weight excluding hydrogens is 504 g/mol. The molecule has 0 heterocycles. The van der Waals surface area contributed by atoms with E-state index in [0.29, 0.717) is 7.25 Å². The monoisotopic (exact) mass is 549 g/mol. The molecule has 4 rings (SSSR count). The summed E-state index contributed by atoms with van der Waals surface area (Å²) in [6.45, 7) is 15.0. The van der Waals surface area contributed by atoms with Gasteiger partial charge in [0.2, 0.25) is 0 Å². The molecule has 0 spiro atoms. The number of allylic oxidation sites excluding steroid dienone is 4. The van der Waals surface area contributed by atoms with Crippen molar-refractivity contribution in [3.8, 4) is 0 Å². The SMILES string of the molecule is CCCC1=C(CC)c2ccccc2[CH]1[Zr]([CH3])([CH3])([CH]1C(CCC)=C(CC)c2ccccc21)[SiH](C)C. The second-order valence-electron chi connectivity index (χ2n) is 12.1. The molecule has 0 saturated heterocycles. The van der Waals surface area contributed by atoms with E-state index < -0.39 is 23.9 Å². The molecule has 0 N–H and O–H groups in total. The van der Waals surface area contributed by atoms with Crippen LogP contribution in [0.25, 0.3) is 11.1 Å². The summed E-state index contributed by atoms with van der Waals surface area (Å²) < 4.78 is 7.29. The van der Waals surface area contributed by atoms with Gasteiger partial charge in [-0.05, 0) is 0 Å². The van der Waals surface area contributed by atoms with E-state index in [9.17, 15) is 0 Å². The summed E-state index contributed by atoms with van der Waals surface area (Å²) >= 11 is -3.51. The topological polar surface area (TPSA) is 0 Å². The molecule has 2 aromatic rings. The number of benzene rings is 2. The van der Waals surface area contributed by atoms with Crippen molar-refractivity contribution in [1.29, 1.82) is 0 Å². The average Bonchev–Trinajstić information content (AvgIpc) is 3.32. The zero-order valence-corrected chi connectivity index (χ0v) is 26.7. The van der Waals surface area contributed by atoms with Crippen molar-refractivity contribution in [1.82, 2.24) is 0 Å². The van der Waals surface area contributed by atoms with Gasteiger partial charge in [-0.3, -0.25) is 0 Å². The van der Waals surface area contributed by atoms with E-state index in [2.05, 4.69) is 98.6 Å². The first-order valence-corrected chi connectivity index (χ1v) is 29.0. The van der Waals surface area contributed by atoms with Gasteiger partial charge in [-0.1, -0.05) is 0 Å². The minimum absolute atomic E-state index is 0.709.